The van der Waals surface area contributed by atoms with E-state index < -0.39 is 6.10 Å². The molecule has 2 fully saturated rings. The average molecular weight is 397 g/mol. The van der Waals surface area contributed by atoms with E-state index in [-0.39, 0.29) is 24.0 Å². The van der Waals surface area contributed by atoms with E-state index in [1.807, 2.05) is 42.4 Å². The molecule has 2 aliphatic rings. The lowest BCUT2D eigenvalue weighted by atomic mass is 9.98. The van der Waals surface area contributed by atoms with Crippen LogP contribution in [0.25, 0.3) is 0 Å². The first-order chi connectivity index (χ1) is 14.0. The van der Waals surface area contributed by atoms with E-state index in [9.17, 15) is 9.59 Å². The summed E-state index contributed by atoms with van der Waals surface area (Å²) in [5.41, 5.74) is 1.63. The molecule has 0 aliphatic carbocycles. The van der Waals surface area contributed by atoms with Crippen LogP contribution in [0.1, 0.15) is 30.7 Å². The number of rotatable bonds is 5. The van der Waals surface area contributed by atoms with Crippen molar-refractivity contribution >= 4 is 11.8 Å². The molecule has 8 nitrogen and oxygen atoms in total. The third-order valence-electron chi connectivity index (χ3n) is 5.75. The van der Waals surface area contributed by atoms with Crippen LogP contribution in [0.2, 0.25) is 0 Å². The average Bonchev–Trinajstić information content (AvgIpc) is 3.33. The number of hydrogen-bond acceptors (Lipinski definition) is 5. The summed E-state index contributed by atoms with van der Waals surface area (Å²) in [5.74, 6) is 0.0595. The molecule has 2 aromatic rings. The lowest BCUT2D eigenvalue weighted by Gasteiger charge is -2.36. The van der Waals surface area contributed by atoms with Gasteiger partial charge in [-0.05, 0) is 37.5 Å². The van der Waals surface area contributed by atoms with Crippen molar-refractivity contribution in [2.24, 2.45) is 7.05 Å². The highest BCUT2D eigenvalue weighted by Crippen LogP contribution is 2.32. The van der Waals surface area contributed by atoms with Crippen LogP contribution in [-0.4, -0.2) is 68.2 Å². The number of carbonyl (C=O) groups is 2. The van der Waals surface area contributed by atoms with Crippen molar-refractivity contribution in [1.29, 1.82) is 0 Å². The van der Waals surface area contributed by atoms with Crippen molar-refractivity contribution in [3.63, 3.8) is 0 Å². The van der Waals surface area contributed by atoms with Crippen LogP contribution in [0.15, 0.2) is 36.7 Å². The fraction of sp³-hybridized carbons (Fsp3) is 0.524. The number of aromatic nitrogens is 3. The van der Waals surface area contributed by atoms with Gasteiger partial charge in [-0.3, -0.25) is 19.3 Å². The number of ether oxygens (including phenoxy) is 1. The summed E-state index contributed by atoms with van der Waals surface area (Å²) in [6.07, 6.45) is 5.53. The van der Waals surface area contributed by atoms with Gasteiger partial charge in [0.25, 0.3) is 5.91 Å². The second-order valence-electron chi connectivity index (χ2n) is 7.86. The van der Waals surface area contributed by atoms with Gasteiger partial charge in [0, 0.05) is 33.0 Å². The second kappa shape index (κ2) is 8.32. The van der Waals surface area contributed by atoms with Gasteiger partial charge < -0.3 is 14.5 Å². The summed E-state index contributed by atoms with van der Waals surface area (Å²) in [4.78, 5) is 33.4. The Morgan fingerprint density at radius 3 is 2.79 bits per heavy atom. The van der Waals surface area contributed by atoms with Crippen molar-refractivity contribution in [1.82, 2.24) is 24.6 Å². The molecule has 3 atom stereocenters. The molecule has 0 aromatic carbocycles. The van der Waals surface area contributed by atoms with Crippen LogP contribution in [0, 0.1) is 0 Å². The highest BCUT2D eigenvalue weighted by Gasteiger charge is 2.43. The lowest BCUT2D eigenvalue weighted by Crippen LogP contribution is -2.49. The second-order valence-corrected chi connectivity index (χ2v) is 7.86. The summed E-state index contributed by atoms with van der Waals surface area (Å²) >= 11 is 0. The third kappa shape index (κ3) is 4.32. The molecule has 29 heavy (non-hydrogen) atoms. The van der Waals surface area contributed by atoms with Gasteiger partial charge in [-0.1, -0.05) is 6.07 Å². The largest absolute Gasteiger partial charge is 0.363 e. The molecule has 0 unspecified atom stereocenters. The smallest absolute Gasteiger partial charge is 0.251 e. The highest BCUT2D eigenvalue weighted by molar-refractivity contribution is 5.81. The third-order valence-corrected chi connectivity index (χ3v) is 5.75. The fourth-order valence-electron chi connectivity index (χ4n) is 4.29. The number of pyridine rings is 1. The van der Waals surface area contributed by atoms with Gasteiger partial charge in [0.2, 0.25) is 5.91 Å². The molecular formula is C21H27N5O3. The zero-order valence-corrected chi connectivity index (χ0v) is 16.9. The standard InChI is InChI=1S/C21H27N5O3/c1-24(14-16-5-3-4-10-22-16)21(28)19-7-6-17-18(29-19)9-12-26(17)20(27)13-15-8-11-25(2)23-15/h3-5,8,10-11,17-19H,6-7,9,12-14H2,1-2H3/t17-,18-,19+/m1/s1. The summed E-state index contributed by atoms with van der Waals surface area (Å²) < 4.78 is 7.85. The summed E-state index contributed by atoms with van der Waals surface area (Å²) in [5, 5.41) is 4.30. The minimum atomic E-state index is -0.448. The molecule has 0 radical (unpaired) electrons. The summed E-state index contributed by atoms with van der Waals surface area (Å²) in [6.45, 7) is 1.13. The fourth-order valence-corrected chi connectivity index (χ4v) is 4.29. The van der Waals surface area contributed by atoms with Crippen LogP contribution < -0.4 is 0 Å². The number of likely N-dealkylation sites (N-methyl/N-ethyl adjacent to an activating group) is 1. The van der Waals surface area contributed by atoms with Gasteiger partial charge in [-0.2, -0.15) is 5.10 Å². The zero-order chi connectivity index (χ0) is 20.4. The SMILES string of the molecule is CN(Cc1ccccn1)C(=O)[C@@H]1CC[C@@H]2[C@@H](CCN2C(=O)Cc2ccn(C)n2)O1. The van der Waals surface area contributed by atoms with E-state index in [1.54, 1.807) is 22.8 Å². The summed E-state index contributed by atoms with van der Waals surface area (Å²) in [7, 11) is 3.63. The van der Waals surface area contributed by atoms with E-state index in [0.29, 0.717) is 25.9 Å². The molecule has 4 rings (SSSR count). The van der Waals surface area contributed by atoms with E-state index in [4.69, 9.17) is 4.74 Å². The predicted molar refractivity (Wildman–Crippen MR) is 106 cm³/mol. The normalized spacial score (nSPS) is 23.7. The van der Waals surface area contributed by atoms with Gasteiger partial charge >= 0.3 is 0 Å². The first-order valence-electron chi connectivity index (χ1n) is 10.1. The minimum Gasteiger partial charge on any atom is -0.363 e. The molecule has 2 aromatic heterocycles. The van der Waals surface area contributed by atoms with Crippen molar-refractivity contribution in [3.05, 3.63) is 48.0 Å². The monoisotopic (exact) mass is 397 g/mol. The van der Waals surface area contributed by atoms with Gasteiger partial charge in [-0.25, -0.2) is 0 Å². The van der Waals surface area contributed by atoms with Crippen LogP contribution in [0.4, 0.5) is 0 Å². The molecule has 154 valence electrons. The maximum atomic E-state index is 12.8. The van der Waals surface area contributed by atoms with Crippen LogP contribution in [0.5, 0.6) is 0 Å². The molecule has 0 spiro atoms. The molecule has 2 saturated heterocycles. The molecule has 2 amide bonds. The van der Waals surface area contributed by atoms with Crippen molar-refractivity contribution in [2.75, 3.05) is 13.6 Å². The first-order valence-corrected chi connectivity index (χ1v) is 10.1. The number of likely N-dealkylation sites (tertiary alicyclic amines) is 1. The lowest BCUT2D eigenvalue weighted by molar-refractivity contribution is -0.155. The maximum Gasteiger partial charge on any atom is 0.251 e. The molecule has 4 heterocycles. The van der Waals surface area contributed by atoms with Crippen molar-refractivity contribution in [3.8, 4) is 0 Å². The Bertz CT molecular complexity index is 868. The number of hydrogen-bond donors (Lipinski definition) is 0. The minimum absolute atomic E-state index is 0.0210. The van der Waals surface area contributed by atoms with Gasteiger partial charge in [0.1, 0.15) is 6.10 Å². The van der Waals surface area contributed by atoms with Crippen LogP contribution >= 0.6 is 0 Å². The highest BCUT2D eigenvalue weighted by atomic mass is 16.5. The predicted octanol–water partition coefficient (Wildman–Crippen LogP) is 1.16. The molecular weight excluding hydrogens is 370 g/mol. The number of aryl methyl sites for hydroxylation is 1. The Balaban J connectivity index is 1.32. The quantitative estimate of drug-likeness (QED) is 0.757. The number of fused-ring (bicyclic) bond motifs is 1. The van der Waals surface area contributed by atoms with E-state index in [0.717, 1.165) is 24.2 Å². The van der Waals surface area contributed by atoms with Gasteiger partial charge in [-0.15, -0.1) is 0 Å². The van der Waals surface area contributed by atoms with Crippen LogP contribution in [-0.2, 0) is 34.3 Å². The first kappa shape index (κ1) is 19.6. The number of carbonyl (C=O) groups excluding carboxylic acids is 2. The molecule has 2 aliphatic heterocycles. The summed E-state index contributed by atoms with van der Waals surface area (Å²) in [6, 6.07) is 7.60. The van der Waals surface area contributed by atoms with E-state index in [1.165, 1.54) is 0 Å². The topological polar surface area (TPSA) is 80.6 Å². The Labute approximate surface area is 170 Å². The van der Waals surface area contributed by atoms with Gasteiger partial charge in [0.05, 0.1) is 36.5 Å². The Morgan fingerprint density at radius 1 is 1.21 bits per heavy atom. The van der Waals surface area contributed by atoms with Gasteiger partial charge in [0.15, 0.2) is 0 Å². The zero-order valence-electron chi connectivity index (χ0n) is 16.9. The van der Waals surface area contributed by atoms with E-state index in [2.05, 4.69) is 10.1 Å². The Hall–Kier alpha value is -2.74. The number of nitrogens with zero attached hydrogens (tertiary/aromatic N) is 5. The molecule has 0 N–H and O–H groups in total. The molecule has 0 saturated carbocycles. The van der Waals surface area contributed by atoms with Crippen molar-refractivity contribution < 1.29 is 14.3 Å². The van der Waals surface area contributed by atoms with E-state index >= 15 is 0 Å². The van der Waals surface area contributed by atoms with Crippen LogP contribution in [0.3, 0.4) is 0 Å². The Kier molecular flexibility index (Phi) is 5.62. The molecule has 0 bridgehead atoms. The molecule has 8 heteroatoms. The maximum absolute atomic E-state index is 12.8. The Morgan fingerprint density at radius 2 is 2.07 bits per heavy atom. The number of amides is 2. The van der Waals surface area contributed by atoms with Crippen molar-refractivity contribution in [2.45, 2.75) is 50.5 Å².